The van der Waals surface area contributed by atoms with Crippen molar-refractivity contribution in [2.24, 2.45) is 17.8 Å². The first-order valence-electron chi connectivity index (χ1n) is 6.39. The monoisotopic (exact) mass is 319 g/mol. The quantitative estimate of drug-likeness (QED) is 0.589. The van der Waals surface area contributed by atoms with E-state index in [2.05, 4.69) is 15.9 Å². The van der Waals surface area contributed by atoms with Crippen molar-refractivity contribution in [3.8, 4) is 0 Å². The number of allylic oxidation sites excluding steroid dienone is 2. The molecule has 0 spiro atoms. The number of amides is 2. The summed E-state index contributed by atoms with van der Waals surface area (Å²) in [6.07, 6.45) is 4.73. The van der Waals surface area contributed by atoms with E-state index in [-0.39, 0.29) is 29.6 Å². The summed E-state index contributed by atoms with van der Waals surface area (Å²) in [6.45, 7) is 2.00. The van der Waals surface area contributed by atoms with Gasteiger partial charge in [0.2, 0.25) is 11.8 Å². The normalized spacial score (nSPS) is 29.8. The molecule has 3 rings (SSSR count). The average molecular weight is 320 g/mol. The van der Waals surface area contributed by atoms with Crippen molar-refractivity contribution in [1.29, 1.82) is 0 Å². The van der Waals surface area contributed by atoms with Crippen LogP contribution in [0.1, 0.15) is 13.3 Å². The zero-order valence-corrected chi connectivity index (χ0v) is 12.1. The van der Waals surface area contributed by atoms with Crippen molar-refractivity contribution >= 4 is 33.4 Å². The number of hydrogen-bond acceptors (Lipinski definition) is 2. The van der Waals surface area contributed by atoms with E-state index in [1.807, 2.05) is 31.2 Å². The van der Waals surface area contributed by atoms with Crippen LogP contribution in [0.5, 0.6) is 0 Å². The lowest BCUT2D eigenvalue weighted by Crippen LogP contribution is -2.31. The highest BCUT2D eigenvalue weighted by Gasteiger charge is 2.50. The maximum absolute atomic E-state index is 12.5. The maximum Gasteiger partial charge on any atom is 0.238 e. The van der Waals surface area contributed by atoms with Gasteiger partial charge in [0.25, 0.3) is 0 Å². The molecule has 2 amide bonds. The number of nitrogens with zero attached hydrogens (tertiary/aromatic N) is 1. The second-order valence-corrected chi connectivity index (χ2v) is 6.06. The van der Waals surface area contributed by atoms with Crippen LogP contribution in [-0.2, 0) is 9.59 Å². The lowest BCUT2D eigenvalue weighted by molar-refractivity contribution is -0.122. The van der Waals surface area contributed by atoms with Crippen LogP contribution in [0.15, 0.2) is 40.9 Å². The van der Waals surface area contributed by atoms with Gasteiger partial charge in [-0.2, -0.15) is 0 Å². The van der Waals surface area contributed by atoms with Gasteiger partial charge in [0.15, 0.2) is 0 Å². The van der Waals surface area contributed by atoms with E-state index in [0.717, 1.165) is 4.47 Å². The Kier molecular flexibility index (Phi) is 3.05. The van der Waals surface area contributed by atoms with E-state index >= 15 is 0 Å². The molecule has 3 atom stereocenters. The number of fused-ring (bicyclic) bond motifs is 1. The molecule has 0 unspecified atom stereocenters. The molecule has 1 fully saturated rings. The Hall–Kier alpha value is -1.42. The lowest BCUT2D eigenvalue weighted by atomic mass is 9.78. The number of halogens is 1. The molecule has 0 aromatic heterocycles. The predicted octanol–water partition coefficient (Wildman–Crippen LogP) is 3.15. The number of imide groups is 1. The van der Waals surface area contributed by atoms with Crippen LogP contribution in [0, 0.1) is 17.8 Å². The van der Waals surface area contributed by atoms with E-state index in [1.54, 1.807) is 12.1 Å². The second-order valence-electron chi connectivity index (χ2n) is 5.14. The first-order valence-corrected chi connectivity index (χ1v) is 7.19. The summed E-state index contributed by atoms with van der Waals surface area (Å²) in [4.78, 5) is 26.3. The van der Waals surface area contributed by atoms with Gasteiger partial charge in [-0.15, -0.1) is 0 Å². The Morgan fingerprint density at radius 2 is 1.84 bits per heavy atom. The van der Waals surface area contributed by atoms with Gasteiger partial charge in [0.05, 0.1) is 17.5 Å². The second kappa shape index (κ2) is 4.60. The van der Waals surface area contributed by atoms with Gasteiger partial charge in [0, 0.05) is 4.47 Å². The summed E-state index contributed by atoms with van der Waals surface area (Å²) >= 11 is 3.36. The molecule has 1 aromatic rings. The van der Waals surface area contributed by atoms with Gasteiger partial charge in [0.1, 0.15) is 0 Å². The van der Waals surface area contributed by atoms with E-state index in [4.69, 9.17) is 0 Å². The summed E-state index contributed by atoms with van der Waals surface area (Å²) in [5.74, 6) is -0.365. The highest BCUT2D eigenvalue weighted by atomic mass is 79.9. The molecular weight excluding hydrogens is 306 g/mol. The fourth-order valence-electron chi connectivity index (χ4n) is 2.99. The summed E-state index contributed by atoms with van der Waals surface area (Å²) in [6, 6.07) is 7.30. The fourth-order valence-corrected chi connectivity index (χ4v) is 3.26. The number of carbonyl (C=O) groups is 2. The van der Waals surface area contributed by atoms with Gasteiger partial charge in [-0.1, -0.05) is 35.0 Å². The minimum absolute atomic E-state index is 0.0610. The number of anilines is 1. The van der Waals surface area contributed by atoms with Crippen LogP contribution in [0.2, 0.25) is 0 Å². The molecule has 0 saturated carbocycles. The zero-order valence-electron chi connectivity index (χ0n) is 10.5. The summed E-state index contributed by atoms with van der Waals surface area (Å²) in [7, 11) is 0. The molecule has 19 heavy (non-hydrogen) atoms. The standard InChI is InChI=1S/C15H14BrNO2/c1-9-3-2-4-12-13(9)15(19)17(14(12)18)11-7-5-10(16)6-8-11/h2-3,5-9,12-13H,4H2,1H3/t9-,12-,13+/m1/s1. The van der Waals surface area contributed by atoms with Crippen molar-refractivity contribution in [3.63, 3.8) is 0 Å². The van der Waals surface area contributed by atoms with Crippen LogP contribution in [0.4, 0.5) is 5.69 Å². The van der Waals surface area contributed by atoms with Crippen molar-refractivity contribution < 1.29 is 9.59 Å². The molecule has 98 valence electrons. The highest BCUT2D eigenvalue weighted by molar-refractivity contribution is 9.10. The molecule has 4 heteroatoms. The molecule has 0 radical (unpaired) electrons. The third-order valence-corrected chi connectivity index (χ3v) is 4.49. The first kappa shape index (κ1) is 12.6. The van der Waals surface area contributed by atoms with Crippen molar-refractivity contribution in [1.82, 2.24) is 0 Å². The molecule has 1 aromatic carbocycles. The number of rotatable bonds is 1. The molecule has 1 saturated heterocycles. The molecular formula is C15H14BrNO2. The summed E-state index contributed by atoms with van der Waals surface area (Å²) in [5.41, 5.74) is 0.666. The van der Waals surface area contributed by atoms with Crippen molar-refractivity contribution in [2.75, 3.05) is 4.90 Å². The lowest BCUT2D eigenvalue weighted by Gasteiger charge is -2.22. The Morgan fingerprint density at radius 1 is 1.16 bits per heavy atom. The molecule has 1 aliphatic heterocycles. The third-order valence-electron chi connectivity index (χ3n) is 3.96. The smallest absolute Gasteiger partial charge is 0.238 e. The minimum Gasteiger partial charge on any atom is -0.274 e. The van der Waals surface area contributed by atoms with Gasteiger partial charge in [-0.05, 0) is 36.6 Å². The van der Waals surface area contributed by atoms with Gasteiger partial charge >= 0.3 is 0 Å². The van der Waals surface area contributed by atoms with Crippen LogP contribution in [0.25, 0.3) is 0 Å². The molecule has 1 aliphatic carbocycles. The van der Waals surface area contributed by atoms with E-state index in [0.29, 0.717) is 12.1 Å². The number of hydrogen-bond donors (Lipinski definition) is 0. The third kappa shape index (κ3) is 1.94. The van der Waals surface area contributed by atoms with E-state index in [9.17, 15) is 9.59 Å². The number of carbonyl (C=O) groups excluding carboxylic acids is 2. The van der Waals surface area contributed by atoms with E-state index < -0.39 is 0 Å². The zero-order chi connectivity index (χ0) is 13.6. The van der Waals surface area contributed by atoms with Gasteiger partial charge in [-0.25, -0.2) is 0 Å². The SMILES string of the molecule is C[C@@H]1C=CC[C@H]2C(=O)N(c3ccc(Br)cc3)C(=O)[C@@H]12. The summed E-state index contributed by atoms with van der Waals surface area (Å²) < 4.78 is 0.933. The first-order chi connectivity index (χ1) is 9.09. The molecule has 2 aliphatic rings. The highest BCUT2D eigenvalue weighted by Crippen LogP contribution is 2.40. The average Bonchev–Trinajstić information content (AvgIpc) is 2.65. The molecule has 0 N–H and O–H groups in total. The molecule has 0 bridgehead atoms. The Balaban J connectivity index is 1.98. The van der Waals surface area contributed by atoms with E-state index in [1.165, 1.54) is 4.90 Å². The number of benzene rings is 1. The Bertz CT molecular complexity index is 564. The Labute approximate surface area is 120 Å². The maximum atomic E-state index is 12.5. The minimum atomic E-state index is -0.193. The summed E-state index contributed by atoms with van der Waals surface area (Å²) in [5, 5.41) is 0. The van der Waals surface area contributed by atoms with Crippen molar-refractivity contribution in [2.45, 2.75) is 13.3 Å². The fraction of sp³-hybridized carbons (Fsp3) is 0.333. The molecule has 3 nitrogen and oxygen atoms in total. The van der Waals surface area contributed by atoms with Gasteiger partial charge < -0.3 is 0 Å². The topological polar surface area (TPSA) is 37.4 Å². The van der Waals surface area contributed by atoms with Gasteiger partial charge in [-0.3, -0.25) is 14.5 Å². The van der Waals surface area contributed by atoms with Crippen LogP contribution < -0.4 is 4.90 Å². The Morgan fingerprint density at radius 3 is 2.47 bits per heavy atom. The van der Waals surface area contributed by atoms with Crippen LogP contribution >= 0.6 is 15.9 Å². The van der Waals surface area contributed by atoms with Crippen molar-refractivity contribution in [3.05, 3.63) is 40.9 Å². The molecule has 1 heterocycles. The largest absolute Gasteiger partial charge is 0.274 e. The predicted molar refractivity (Wildman–Crippen MR) is 76.5 cm³/mol. The van der Waals surface area contributed by atoms with Crippen LogP contribution in [0.3, 0.4) is 0 Å². The van der Waals surface area contributed by atoms with Crippen LogP contribution in [-0.4, -0.2) is 11.8 Å².